The van der Waals surface area contributed by atoms with Gasteiger partial charge < -0.3 is 33.7 Å². The first-order valence-electron chi connectivity index (χ1n) is 13.1. The average Bonchev–Trinajstić information content (AvgIpc) is 2.97. The number of hydrogen-bond acceptors (Lipinski definition) is 10. The number of pyridine rings is 1. The van der Waals surface area contributed by atoms with Crippen molar-refractivity contribution in [3.63, 3.8) is 0 Å². The second-order valence-corrected chi connectivity index (χ2v) is 9.64. The molecule has 0 spiro atoms. The Morgan fingerprint density at radius 3 is 2.48 bits per heavy atom. The summed E-state index contributed by atoms with van der Waals surface area (Å²) in [6.07, 6.45) is 1.17. The molecule has 2 unspecified atom stereocenters. The zero-order valence-corrected chi connectivity index (χ0v) is 24.0. The molecule has 40 heavy (non-hydrogen) atoms. The largest absolute Gasteiger partial charge is 0.493 e. The minimum atomic E-state index is -1.07. The van der Waals surface area contributed by atoms with E-state index in [4.69, 9.17) is 28.4 Å². The molecule has 1 N–H and O–H groups in total. The molecule has 220 valence electrons. The number of esters is 2. The smallest absolute Gasteiger partial charge is 0.331 e. The van der Waals surface area contributed by atoms with Crippen LogP contribution in [-0.2, 0) is 28.5 Å². The molecular formula is C29H40N2O9. The first kappa shape index (κ1) is 32.5. The first-order chi connectivity index (χ1) is 19.1. The van der Waals surface area contributed by atoms with Crippen LogP contribution in [0.5, 0.6) is 11.5 Å². The summed E-state index contributed by atoms with van der Waals surface area (Å²) < 4.78 is 32.3. The fraction of sp³-hybridized carbons (Fsp3) is 0.517. The third-order valence-electron chi connectivity index (χ3n) is 5.46. The quantitative estimate of drug-likeness (QED) is 0.359. The van der Waals surface area contributed by atoms with E-state index >= 15 is 0 Å². The number of ether oxygens (including phenoxy) is 6. The second kappa shape index (κ2) is 17.1. The van der Waals surface area contributed by atoms with Crippen LogP contribution in [0.2, 0.25) is 0 Å². The van der Waals surface area contributed by atoms with Crippen molar-refractivity contribution < 1.29 is 42.8 Å². The highest BCUT2D eigenvalue weighted by Crippen LogP contribution is 2.29. The summed E-state index contributed by atoms with van der Waals surface area (Å²) in [5.41, 5.74) is 1.17. The minimum Gasteiger partial charge on any atom is -0.493 e. The fourth-order valence-corrected chi connectivity index (χ4v) is 3.52. The molecule has 1 fully saturated rings. The Balaban J connectivity index is 0.000000693. The van der Waals surface area contributed by atoms with Crippen molar-refractivity contribution in [1.82, 2.24) is 10.3 Å². The van der Waals surface area contributed by atoms with Gasteiger partial charge in [0.15, 0.2) is 23.2 Å². The standard InChI is InChI=1S/C22H32N2O9.C7H8/c1-13(2)9-30-16-8-14(3)33-22(27)17(11-29-10-16)24-21(26)19-20(32-12-31-15(4)25)18(28-5)6-7-23-19;1-7-5-3-2-4-6-7/h6-7,13-14,16-17H,8-12H2,1-5H3,(H,24,26);2-6H,1H3/t14?,16?,17-;/m0./s1. The number of rotatable bonds is 9. The number of benzene rings is 1. The molecule has 1 aliphatic rings. The van der Waals surface area contributed by atoms with E-state index in [2.05, 4.69) is 29.4 Å². The maximum atomic E-state index is 12.9. The highest BCUT2D eigenvalue weighted by molar-refractivity contribution is 5.98. The highest BCUT2D eigenvalue weighted by Gasteiger charge is 2.30. The molecular weight excluding hydrogens is 520 g/mol. The van der Waals surface area contributed by atoms with Gasteiger partial charge in [0.25, 0.3) is 5.91 Å². The Hall–Kier alpha value is -3.70. The van der Waals surface area contributed by atoms with E-state index in [0.29, 0.717) is 18.9 Å². The van der Waals surface area contributed by atoms with Crippen molar-refractivity contribution in [2.45, 2.75) is 59.3 Å². The lowest BCUT2D eigenvalue weighted by atomic mass is 10.2. The van der Waals surface area contributed by atoms with Crippen LogP contribution >= 0.6 is 0 Å². The van der Waals surface area contributed by atoms with Crippen LogP contribution in [0.25, 0.3) is 0 Å². The van der Waals surface area contributed by atoms with E-state index in [-0.39, 0.29) is 36.5 Å². The molecule has 11 heteroatoms. The van der Waals surface area contributed by atoms with Gasteiger partial charge in [0.1, 0.15) is 6.10 Å². The van der Waals surface area contributed by atoms with Gasteiger partial charge in [-0.15, -0.1) is 0 Å². The van der Waals surface area contributed by atoms with Crippen LogP contribution in [0, 0.1) is 12.8 Å². The molecule has 2 heterocycles. The van der Waals surface area contributed by atoms with Gasteiger partial charge in [-0.1, -0.05) is 49.7 Å². The number of aryl methyl sites for hydroxylation is 1. The molecule has 3 rings (SSSR count). The number of carbonyl (C=O) groups is 3. The zero-order valence-electron chi connectivity index (χ0n) is 24.0. The molecule has 0 saturated carbocycles. The lowest BCUT2D eigenvalue weighted by Gasteiger charge is -2.21. The number of carbonyl (C=O) groups excluding carboxylic acids is 3. The number of cyclic esters (lactones) is 1. The minimum absolute atomic E-state index is 0.0355. The summed E-state index contributed by atoms with van der Waals surface area (Å²) in [7, 11) is 1.39. The topological polar surface area (TPSA) is 132 Å². The molecule has 0 radical (unpaired) electrons. The van der Waals surface area contributed by atoms with Gasteiger partial charge >= 0.3 is 11.9 Å². The number of methoxy groups -OCH3 is 1. The second-order valence-electron chi connectivity index (χ2n) is 9.64. The Morgan fingerprint density at radius 2 is 1.88 bits per heavy atom. The van der Waals surface area contributed by atoms with Crippen LogP contribution in [0.1, 0.15) is 50.2 Å². The Bertz CT molecular complexity index is 1080. The average molecular weight is 561 g/mol. The van der Waals surface area contributed by atoms with Crippen LogP contribution in [0.15, 0.2) is 42.6 Å². The first-order valence-corrected chi connectivity index (χ1v) is 13.1. The van der Waals surface area contributed by atoms with Crippen molar-refractivity contribution in [2.75, 3.05) is 33.7 Å². The number of nitrogens with zero attached hydrogens (tertiary/aromatic N) is 1. The third kappa shape index (κ3) is 11.6. The van der Waals surface area contributed by atoms with E-state index in [1.807, 2.05) is 32.0 Å². The Morgan fingerprint density at radius 1 is 1.15 bits per heavy atom. The van der Waals surface area contributed by atoms with Crippen LogP contribution in [0.4, 0.5) is 0 Å². The van der Waals surface area contributed by atoms with E-state index in [9.17, 15) is 14.4 Å². The van der Waals surface area contributed by atoms with Crippen molar-refractivity contribution in [3.8, 4) is 11.5 Å². The van der Waals surface area contributed by atoms with Gasteiger partial charge in [-0.3, -0.25) is 9.59 Å². The number of nitrogens with one attached hydrogen (secondary N) is 1. The predicted octanol–water partition coefficient (Wildman–Crippen LogP) is 3.48. The SMILES string of the molecule is COc1ccnc(C(=O)N[C@H]2COCC(OCC(C)C)CC(C)OC2=O)c1OCOC(C)=O.Cc1ccccc1. The maximum Gasteiger partial charge on any atom is 0.331 e. The molecule has 3 atom stereocenters. The molecule has 1 saturated heterocycles. The Labute approximate surface area is 235 Å². The molecule has 1 aliphatic heterocycles. The summed E-state index contributed by atoms with van der Waals surface area (Å²) >= 11 is 0. The summed E-state index contributed by atoms with van der Waals surface area (Å²) in [6, 6.07) is 10.7. The van der Waals surface area contributed by atoms with E-state index in [0.717, 1.165) is 0 Å². The molecule has 0 bridgehead atoms. The van der Waals surface area contributed by atoms with Crippen molar-refractivity contribution >= 4 is 17.8 Å². The van der Waals surface area contributed by atoms with Crippen LogP contribution in [0.3, 0.4) is 0 Å². The van der Waals surface area contributed by atoms with E-state index in [1.165, 1.54) is 31.9 Å². The molecule has 1 aromatic heterocycles. The molecule has 11 nitrogen and oxygen atoms in total. The van der Waals surface area contributed by atoms with Crippen molar-refractivity contribution in [1.29, 1.82) is 0 Å². The lowest BCUT2D eigenvalue weighted by Crippen LogP contribution is -2.45. The van der Waals surface area contributed by atoms with E-state index in [1.54, 1.807) is 6.92 Å². The normalized spacial score (nSPS) is 19.1. The van der Waals surface area contributed by atoms with Crippen LogP contribution < -0.4 is 14.8 Å². The van der Waals surface area contributed by atoms with Gasteiger partial charge in [0.05, 0.1) is 26.4 Å². The van der Waals surface area contributed by atoms with Crippen LogP contribution in [-0.4, -0.2) is 74.8 Å². The molecule has 1 amide bonds. The van der Waals surface area contributed by atoms with Crippen molar-refractivity contribution in [3.05, 3.63) is 53.9 Å². The summed E-state index contributed by atoms with van der Waals surface area (Å²) in [5.74, 6) is -1.38. The van der Waals surface area contributed by atoms with Gasteiger partial charge in [-0.2, -0.15) is 0 Å². The number of hydrogen-bond donors (Lipinski definition) is 1. The number of aromatic nitrogens is 1. The lowest BCUT2D eigenvalue weighted by molar-refractivity contribution is -0.152. The summed E-state index contributed by atoms with van der Waals surface area (Å²) in [4.78, 5) is 40.6. The number of amides is 1. The summed E-state index contributed by atoms with van der Waals surface area (Å²) in [5, 5.41) is 2.57. The van der Waals surface area contributed by atoms with E-state index < -0.39 is 36.8 Å². The van der Waals surface area contributed by atoms with Crippen molar-refractivity contribution in [2.24, 2.45) is 5.92 Å². The highest BCUT2D eigenvalue weighted by atomic mass is 16.7. The van der Waals surface area contributed by atoms with Gasteiger partial charge in [-0.05, 0) is 19.8 Å². The molecule has 2 aromatic rings. The maximum absolute atomic E-state index is 12.9. The molecule has 0 aliphatic carbocycles. The predicted molar refractivity (Wildman–Crippen MR) is 146 cm³/mol. The zero-order chi connectivity index (χ0) is 29.5. The third-order valence-corrected chi connectivity index (χ3v) is 5.46. The fourth-order valence-electron chi connectivity index (χ4n) is 3.52. The van der Waals surface area contributed by atoms with Gasteiger partial charge in [-0.25, -0.2) is 9.78 Å². The monoisotopic (exact) mass is 560 g/mol. The van der Waals surface area contributed by atoms with Gasteiger partial charge in [0.2, 0.25) is 6.79 Å². The summed E-state index contributed by atoms with van der Waals surface area (Å²) in [6.45, 7) is 9.43. The van der Waals surface area contributed by atoms with Gasteiger partial charge in [0, 0.05) is 32.2 Å². The molecule has 1 aromatic carbocycles. The Kier molecular flexibility index (Phi) is 13.9.